The van der Waals surface area contributed by atoms with E-state index in [-0.39, 0.29) is 12.0 Å². The molecule has 0 spiro atoms. The Morgan fingerprint density at radius 3 is 2.47 bits per heavy atom. The number of amides is 1. The van der Waals surface area contributed by atoms with Gasteiger partial charge in [0.05, 0.1) is 12.2 Å². The van der Waals surface area contributed by atoms with Crippen LogP contribution in [0.15, 0.2) is 0 Å². The van der Waals surface area contributed by atoms with Gasteiger partial charge in [0.25, 0.3) is 0 Å². The number of rotatable bonds is 4. The summed E-state index contributed by atoms with van der Waals surface area (Å²) < 4.78 is 5.55. The lowest BCUT2D eigenvalue weighted by molar-refractivity contribution is -0.141. The fourth-order valence-electron chi connectivity index (χ4n) is 2.09. The largest absolute Gasteiger partial charge is 0.378 e. The second-order valence-corrected chi connectivity index (χ2v) is 4.74. The highest BCUT2D eigenvalue weighted by molar-refractivity contribution is 5.85. The molecule has 96 valence electrons. The zero-order chi connectivity index (χ0) is 12.9. The summed E-state index contributed by atoms with van der Waals surface area (Å²) in [5.41, 5.74) is -0.863. The molecule has 0 bridgehead atoms. The van der Waals surface area contributed by atoms with E-state index in [1.165, 1.54) is 0 Å². The Morgan fingerprint density at radius 2 is 2.06 bits per heavy atom. The lowest BCUT2D eigenvalue weighted by atomic mass is 9.87. The lowest BCUT2D eigenvalue weighted by Crippen LogP contribution is -2.46. The number of nitrogens with zero attached hydrogens (tertiary/aromatic N) is 2. The molecule has 1 aliphatic rings. The third-order valence-electron chi connectivity index (χ3n) is 3.56. The van der Waals surface area contributed by atoms with Crippen LogP contribution in [0.2, 0.25) is 0 Å². The molecule has 4 heteroatoms. The highest BCUT2D eigenvalue weighted by Gasteiger charge is 2.36. The molecule has 17 heavy (non-hydrogen) atoms. The molecule has 0 saturated carbocycles. The van der Waals surface area contributed by atoms with Gasteiger partial charge in [-0.3, -0.25) is 4.79 Å². The van der Waals surface area contributed by atoms with E-state index in [0.29, 0.717) is 19.5 Å². The Bertz CT molecular complexity index is 303. The summed E-state index contributed by atoms with van der Waals surface area (Å²) in [5.74, 6) is -0.0301. The van der Waals surface area contributed by atoms with E-state index >= 15 is 0 Å². The first kappa shape index (κ1) is 14.0. The van der Waals surface area contributed by atoms with Crippen molar-refractivity contribution in [2.45, 2.75) is 46.1 Å². The predicted molar refractivity (Wildman–Crippen MR) is 65.2 cm³/mol. The van der Waals surface area contributed by atoms with Crippen LogP contribution in [0.1, 0.15) is 40.0 Å². The molecule has 0 radical (unpaired) electrons. The zero-order valence-electron chi connectivity index (χ0n) is 11.0. The van der Waals surface area contributed by atoms with Gasteiger partial charge in [0.2, 0.25) is 5.91 Å². The molecule has 1 saturated heterocycles. The van der Waals surface area contributed by atoms with Crippen LogP contribution in [0.4, 0.5) is 0 Å². The molecule has 0 aromatic carbocycles. The van der Waals surface area contributed by atoms with Crippen molar-refractivity contribution in [3.05, 3.63) is 0 Å². The fourth-order valence-corrected chi connectivity index (χ4v) is 2.09. The van der Waals surface area contributed by atoms with Gasteiger partial charge in [0, 0.05) is 19.7 Å². The topological polar surface area (TPSA) is 53.3 Å². The normalized spacial score (nSPS) is 20.7. The molecule has 1 unspecified atom stereocenters. The monoisotopic (exact) mass is 238 g/mol. The van der Waals surface area contributed by atoms with Crippen LogP contribution in [0.25, 0.3) is 0 Å². The second-order valence-electron chi connectivity index (χ2n) is 4.74. The van der Waals surface area contributed by atoms with Crippen molar-refractivity contribution in [1.29, 1.82) is 5.26 Å². The third kappa shape index (κ3) is 3.19. The molecule has 1 atom stereocenters. The van der Waals surface area contributed by atoms with Gasteiger partial charge in [0.15, 0.2) is 0 Å². The number of carbonyl (C=O) groups is 1. The van der Waals surface area contributed by atoms with Crippen LogP contribution in [0.5, 0.6) is 0 Å². The average molecular weight is 238 g/mol. The minimum Gasteiger partial charge on any atom is -0.378 e. The van der Waals surface area contributed by atoms with Crippen LogP contribution in [-0.4, -0.2) is 36.6 Å². The number of nitriles is 1. The van der Waals surface area contributed by atoms with Crippen molar-refractivity contribution in [2.75, 3.05) is 19.7 Å². The highest BCUT2D eigenvalue weighted by Crippen LogP contribution is 2.25. The fraction of sp³-hybridized carbons (Fsp3) is 0.846. The highest BCUT2D eigenvalue weighted by atomic mass is 16.5. The van der Waals surface area contributed by atoms with Crippen molar-refractivity contribution >= 4 is 5.91 Å². The molecular weight excluding hydrogens is 216 g/mol. The number of hydrogen-bond acceptors (Lipinski definition) is 3. The van der Waals surface area contributed by atoms with E-state index < -0.39 is 5.41 Å². The van der Waals surface area contributed by atoms with E-state index in [2.05, 4.69) is 6.07 Å². The molecule has 0 N–H and O–H groups in total. The van der Waals surface area contributed by atoms with E-state index in [1.54, 1.807) is 6.92 Å². The maximum Gasteiger partial charge on any atom is 0.242 e. The maximum absolute atomic E-state index is 12.2. The SMILES string of the molecule is CCOC1CCN(C(=O)C(C)(C#N)CC)CC1. The summed E-state index contributed by atoms with van der Waals surface area (Å²) in [7, 11) is 0. The Kier molecular flexibility index (Phi) is 4.95. The van der Waals surface area contributed by atoms with E-state index in [4.69, 9.17) is 10.00 Å². The number of hydrogen-bond donors (Lipinski definition) is 0. The molecule has 0 aromatic heterocycles. The average Bonchev–Trinajstić information content (AvgIpc) is 2.38. The lowest BCUT2D eigenvalue weighted by Gasteiger charge is -2.35. The Balaban J connectivity index is 2.54. The summed E-state index contributed by atoms with van der Waals surface area (Å²) in [5, 5.41) is 9.10. The van der Waals surface area contributed by atoms with Crippen molar-refractivity contribution in [3.63, 3.8) is 0 Å². The van der Waals surface area contributed by atoms with Crippen LogP contribution in [0.3, 0.4) is 0 Å². The van der Waals surface area contributed by atoms with Crippen molar-refractivity contribution in [2.24, 2.45) is 5.41 Å². The first-order valence-corrected chi connectivity index (χ1v) is 6.39. The van der Waals surface area contributed by atoms with Crippen molar-refractivity contribution in [1.82, 2.24) is 4.90 Å². The standard InChI is InChI=1S/C13H22N2O2/c1-4-13(3,10-14)12(16)15-8-6-11(7-9-15)17-5-2/h11H,4-9H2,1-3H3. The number of piperidine rings is 1. The van der Waals surface area contributed by atoms with Gasteiger partial charge < -0.3 is 9.64 Å². The first-order chi connectivity index (χ1) is 8.07. The van der Waals surface area contributed by atoms with Gasteiger partial charge in [-0.1, -0.05) is 6.92 Å². The zero-order valence-corrected chi connectivity index (χ0v) is 11.0. The number of carbonyl (C=O) groups excluding carboxylic acids is 1. The molecule has 1 heterocycles. The van der Waals surface area contributed by atoms with Gasteiger partial charge in [-0.05, 0) is 33.1 Å². The molecule has 1 fully saturated rings. The van der Waals surface area contributed by atoms with Crippen LogP contribution >= 0.6 is 0 Å². The summed E-state index contributed by atoms with van der Waals surface area (Å²) in [6.45, 7) is 7.74. The quantitative estimate of drug-likeness (QED) is 0.752. The number of likely N-dealkylation sites (tertiary alicyclic amines) is 1. The first-order valence-electron chi connectivity index (χ1n) is 6.39. The van der Waals surface area contributed by atoms with Gasteiger partial charge in [0.1, 0.15) is 5.41 Å². The molecule has 1 amide bonds. The van der Waals surface area contributed by atoms with Crippen LogP contribution in [0, 0.1) is 16.7 Å². The molecule has 0 aliphatic carbocycles. The van der Waals surface area contributed by atoms with Crippen LogP contribution in [-0.2, 0) is 9.53 Å². The molecule has 4 nitrogen and oxygen atoms in total. The molecular formula is C13H22N2O2. The van der Waals surface area contributed by atoms with Crippen LogP contribution < -0.4 is 0 Å². The van der Waals surface area contributed by atoms with Gasteiger partial charge in [-0.25, -0.2) is 0 Å². The Labute approximate surface area is 104 Å². The Hall–Kier alpha value is -1.08. The van der Waals surface area contributed by atoms with E-state index in [0.717, 1.165) is 19.4 Å². The third-order valence-corrected chi connectivity index (χ3v) is 3.56. The summed E-state index contributed by atoms with van der Waals surface area (Å²) >= 11 is 0. The smallest absolute Gasteiger partial charge is 0.242 e. The minimum absolute atomic E-state index is 0.0301. The molecule has 1 rings (SSSR count). The Morgan fingerprint density at radius 1 is 1.47 bits per heavy atom. The molecule has 0 aromatic rings. The summed E-state index contributed by atoms with van der Waals surface area (Å²) in [6.07, 6.45) is 2.60. The summed E-state index contributed by atoms with van der Waals surface area (Å²) in [4.78, 5) is 14.0. The maximum atomic E-state index is 12.2. The van der Waals surface area contributed by atoms with Gasteiger partial charge >= 0.3 is 0 Å². The second kappa shape index (κ2) is 6.02. The van der Waals surface area contributed by atoms with Gasteiger partial charge in [-0.2, -0.15) is 5.26 Å². The number of ether oxygens (including phenoxy) is 1. The molecule has 1 aliphatic heterocycles. The van der Waals surface area contributed by atoms with Crippen molar-refractivity contribution in [3.8, 4) is 6.07 Å². The predicted octanol–water partition coefficient (Wildman–Crippen LogP) is 1.95. The van der Waals surface area contributed by atoms with Crippen molar-refractivity contribution < 1.29 is 9.53 Å². The van der Waals surface area contributed by atoms with E-state index in [1.807, 2.05) is 18.7 Å². The summed E-state index contributed by atoms with van der Waals surface area (Å²) in [6, 6.07) is 2.14. The minimum atomic E-state index is -0.863. The van der Waals surface area contributed by atoms with Gasteiger partial charge in [-0.15, -0.1) is 0 Å². The van der Waals surface area contributed by atoms with E-state index in [9.17, 15) is 4.79 Å².